The predicted molar refractivity (Wildman–Crippen MR) is 65.2 cm³/mol. The highest BCUT2D eigenvalue weighted by atomic mass is 35.5. The maximum absolute atomic E-state index is 11.8. The molecule has 2 aromatic heterocycles. The minimum Gasteiger partial charge on any atom is -0.304 e. The van der Waals surface area contributed by atoms with Gasteiger partial charge in [0.2, 0.25) is 0 Å². The Morgan fingerprint density at radius 1 is 1.53 bits per heavy atom. The zero-order chi connectivity index (χ0) is 12.3. The lowest BCUT2D eigenvalue weighted by Crippen LogP contribution is -2.13. The number of H-pyrrole nitrogens is 1. The van der Waals surface area contributed by atoms with Crippen LogP contribution in [0, 0.1) is 0 Å². The first-order chi connectivity index (χ1) is 8.19. The van der Waals surface area contributed by atoms with Crippen molar-refractivity contribution in [1.82, 2.24) is 15.2 Å². The van der Waals surface area contributed by atoms with Crippen molar-refractivity contribution in [2.45, 2.75) is 13.3 Å². The average molecular weight is 251 g/mol. The molecule has 0 spiro atoms. The number of pyridine rings is 1. The summed E-state index contributed by atoms with van der Waals surface area (Å²) in [5.41, 5.74) is 1.26. The van der Waals surface area contributed by atoms with Crippen LogP contribution in [0.15, 0.2) is 24.4 Å². The van der Waals surface area contributed by atoms with Crippen molar-refractivity contribution in [3.63, 3.8) is 0 Å². The van der Waals surface area contributed by atoms with Gasteiger partial charge in [0.15, 0.2) is 5.82 Å². The molecule has 0 unspecified atom stereocenters. The highest BCUT2D eigenvalue weighted by Gasteiger charge is 2.09. The summed E-state index contributed by atoms with van der Waals surface area (Å²) in [5, 5.41) is 9.91. The zero-order valence-electron chi connectivity index (χ0n) is 9.20. The first-order valence-electron chi connectivity index (χ1n) is 5.16. The van der Waals surface area contributed by atoms with Gasteiger partial charge in [0, 0.05) is 18.0 Å². The van der Waals surface area contributed by atoms with Gasteiger partial charge in [-0.15, -0.1) is 0 Å². The minimum absolute atomic E-state index is 0.301. The number of nitrogens with zero attached hydrogens (tertiary/aromatic N) is 2. The second kappa shape index (κ2) is 4.97. The predicted octanol–water partition coefficient (Wildman–Crippen LogP) is 2.27. The van der Waals surface area contributed by atoms with E-state index in [1.54, 1.807) is 18.2 Å². The first kappa shape index (κ1) is 11.6. The molecule has 0 aliphatic carbocycles. The van der Waals surface area contributed by atoms with Crippen molar-refractivity contribution >= 4 is 23.3 Å². The van der Waals surface area contributed by atoms with E-state index >= 15 is 0 Å². The Bertz CT molecular complexity index is 521. The average Bonchev–Trinajstić information content (AvgIpc) is 2.77. The summed E-state index contributed by atoms with van der Waals surface area (Å²) >= 11 is 5.69. The van der Waals surface area contributed by atoms with Gasteiger partial charge in [-0.1, -0.05) is 18.5 Å². The van der Waals surface area contributed by atoms with Gasteiger partial charge >= 0.3 is 0 Å². The summed E-state index contributed by atoms with van der Waals surface area (Å²) in [6.07, 6.45) is 2.26. The number of carbonyl (C=O) groups excluding carboxylic acids is 1. The molecule has 0 saturated carbocycles. The van der Waals surface area contributed by atoms with Crippen molar-refractivity contribution in [3.8, 4) is 0 Å². The van der Waals surface area contributed by atoms with Crippen LogP contribution in [0.25, 0.3) is 0 Å². The molecule has 1 amide bonds. The van der Waals surface area contributed by atoms with Crippen LogP contribution in [-0.2, 0) is 6.42 Å². The van der Waals surface area contributed by atoms with E-state index in [1.165, 1.54) is 6.20 Å². The third-order valence-electron chi connectivity index (χ3n) is 2.21. The molecular formula is C11H11ClN4O. The molecule has 5 nitrogen and oxygen atoms in total. The van der Waals surface area contributed by atoms with Gasteiger partial charge in [0.05, 0.1) is 5.02 Å². The van der Waals surface area contributed by atoms with Crippen LogP contribution >= 0.6 is 11.6 Å². The summed E-state index contributed by atoms with van der Waals surface area (Å²) in [4.78, 5) is 15.7. The molecule has 6 heteroatoms. The standard InChI is InChI=1S/C11H11ClN4O/c1-2-8-5-10(16-15-8)14-11(17)9-4-3-7(12)6-13-9/h3-6H,2H2,1H3,(H2,14,15,16,17). The molecule has 2 heterocycles. The smallest absolute Gasteiger partial charge is 0.275 e. The van der Waals surface area contributed by atoms with E-state index in [1.807, 2.05) is 6.92 Å². The maximum atomic E-state index is 11.8. The quantitative estimate of drug-likeness (QED) is 0.878. The third-order valence-corrected chi connectivity index (χ3v) is 2.44. The van der Waals surface area contributed by atoms with Gasteiger partial charge in [-0.3, -0.25) is 9.89 Å². The van der Waals surface area contributed by atoms with Crippen molar-refractivity contribution in [1.29, 1.82) is 0 Å². The van der Waals surface area contributed by atoms with Crippen molar-refractivity contribution in [2.24, 2.45) is 0 Å². The number of anilines is 1. The van der Waals surface area contributed by atoms with Gasteiger partial charge in [0.25, 0.3) is 5.91 Å². The number of halogens is 1. The van der Waals surface area contributed by atoms with Gasteiger partial charge in [-0.2, -0.15) is 5.10 Å². The highest BCUT2D eigenvalue weighted by molar-refractivity contribution is 6.30. The lowest BCUT2D eigenvalue weighted by atomic mass is 10.3. The number of aromatic amines is 1. The Kier molecular flexibility index (Phi) is 3.39. The third kappa shape index (κ3) is 2.82. The molecule has 0 aromatic carbocycles. The molecule has 17 heavy (non-hydrogen) atoms. The molecule has 0 aliphatic heterocycles. The van der Waals surface area contributed by atoms with E-state index in [0.29, 0.717) is 16.5 Å². The lowest BCUT2D eigenvalue weighted by molar-refractivity contribution is 0.102. The van der Waals surface area contributed by atoms with E-state index in [4.69, 9.17) is 11.6 Å². The van der Waals surface area contributed by atoms with Crippen LogP contribution in [0.3, 0.4) is 0 Å². The summed E-state index contributed by atoms with van der Waals surface area (Å²) < 4.78 is 0. The largest absolute Gasteiger partial charge is 0.304 e. The fourth-order valence-corrected chi connectivity index (χ4v) is 1.41. The summed E-state index contributed by atoms with van der Waals surface area (Å²) in [6, 6.07) is 4.96. The van der Waals surface area contributed by atoms with Gasteiger partial charge in [-0.05, 0) is 18.6 Å². The Hall–Kier alpha value is -1.88. The zero-order valence-corrected chi connectivity index (χ0v) is 9.95. The van der Waals surface area contributed by atoms with Gasteiger partial charge < -0.3 is 5.32 Å². The van der Waals surface area contributed by atoms with Crippen molar-refractivity contribution < 1.29 is 4.79 Å². The molecular weight excluding hydrogens is 240 g/mol. The Morgan fingerprint density at radius 3 is 2.94 bits per heavy atom. The van der Waals surface area contributed by atoms with Gasteiger partial charge in [0.1, 0.15) is 5.69 Å². The molecule has 0 saturated heterocycles. The number of nitrogens with one attached hydrogen (secondary N) is 2. The fourth-order valence-electron chi connectivity index (χ4n) is 1.30. The fraction of sp³-hybridized carbons (Fsp3) is 0.182. The van der Waals surface area contributed by atoms with E-state index in [9.17, 15) is 4.79 Å². The summed E-state index contributed by atoms with van der Waals surface area (Å²) in [5.74, 6) is 0.180. The van der Waals surface area contributed by atoms with Crippen LogP contribution in [-0.4, -0.2) is 21.1 Å². The Labute approximate surface area is 103 Å². The summed E-state index contributed by atoms with van der Waals surface area (Å²) in [7, 11) is 0. The molecule has 0 fully saturated rings. The van der Waals surface area contributed by atoms with Crippen molar-refractivity contribution in [3.05, 3.63) is 40.8 Å². The maximum Gasteiger partial charge on any atom is 0.275 e. The number of hydrogen-bond acceptors (Lipinski definition) is 3. The highest BCUT2D eigenvalue weighted by Crippen LogP contribution is 2.09. The second-order valence-corrected chi connectivity index (χ2v) is 3.88. The second-order valence-electron chi connectivity index (χ2n) is 3.45. The van der Waals surface area contributed by atoms with Crippen LogP contribution in [0.1, 0.15) is 23.1 Å². The van der Waals surface area contributed by atoms with Crippen LogP contribution < -0.4 is 5.32 Å². The van der Waals surface area contributed by atoms with E-state index in [2.05, 4.69) is 20.5 Å². The number of aryl methyl sites for hydroxylation is 1. The minimum atomic E-state index is -0.309. The number of amides is 1. The van der Waals surface area contributed by atoms with Gasteiger partial charge in [-0.25, -0.2) is 4.98 Å². The van der Waals surface area contributed by atoms with Crippen LogP contribution in [0.4, 0.5) is 5.82 Å². The molecule has 0 aliphatic rings. The Balaban J connectivity index is 2.08. The molecule has 0 radical (unpaired) electrons. The number of hydrogen-bond donors (Lipinski definition) is 2. The Morgan fingerprint density at radius 2 is 2.35 bits per heavy atom. The van der Waals surface area contributed by atoms with Crippen LogP contribution in [0.2, 0.25) is 5.02 Å². The molecule has 88 valence electrons. The van der Waals surface area contributed by atoms with E-state index < -0.39 is 0 Å². The topological polar surface area (TPSA) is 70.7 Å². The number of rotatable bonds is 3. The number of aromatic nitrogens is 3. The molecule has 2 N–H and O–H groups in total. The lowest BCUT2D eigenvalue weighted by Gasteiger charge is -2.00. The van der Waals surface area contributed by atoms with E-state index in [0.717, 1.165) is 12.1 Å². The van der Waals surface area contributed by atoms with E-state index in [-0.39, 0.29) is 5.91 Å². The summed E-state index contributed by atoms with van der Waals surface area (Å²) in [6.45, 7) is 2.00. The molecule has 2 aromatic rings. The monoisotopic (exact) mass is 250 g/mol. The SMILES string of the molecule is CCc1cc(NC(=O)c2ccc(Cl)cn2)n[nH]1. The normalized spacial score (nSPS) is 10.2. The first-order valence-corrected chi connectivity index (χ1v) is 5.54. The van der Waals surface area contributed by atoms with Crippen molar-refractivity contribution in [2.75, 3.05) is 5.32 Å². The molecule has 2 rings (SSSR count). The molecule has 0 atom stereocenters. The number of carbonyl (C=O) groups is 1. The van der Waals surface area contributed by atoms with Crippen LogP contribution in [0.5, 0.6) is 0 Å². The molecule has 0 bridgehead atoms.